The second-order valence-electron chi connectivity index (χ2n) is 7.04. The zero-order valence-electron chi connectivity index (χ0n) is 16.9. The molecule has 0 fully saturated rings. The van der Waals surface area contributed by atoms with Crippen LogP contribution in [0.15, 0.2) is 54.6 Å². The molecule has 0 aliphatic heterocycles. The van der Waals surface area contributed by atoms with Gasteiger partial charge in [-0.05, 0) is 43.5 Å². The smallest absolute Gasteiger partial charge is 0.361 e. The maximum atomic E-state index is 12.5. The summed E-state index contributed by atoms with van der Waals surface area (Å²) in [4.78, 5) is 26.4. The lowest BCUT2D eigenvalue weighted by Crippen LogP contribution is -2.30. The first kappa shape index (κ1) is 20.3. The quantitative estimate of drug-likeness (QED) is 0.643. The highest BCUT2D eigenvalue weighted by atomic mass is 16.5. The summed E-state index contributed by atoms with van der Waals surface area (Å²) < 4.78 is 5.33. The Labute approximate surface area is 169 Å². The minimum Gasteiger partial charge on any atom is -0.448 e. The fraction of sp³-hybridized carbons (Fsp3) is 0.273. The number of aromatic nitrogens is 3. The molecule has 3 aromatic rings. The number of ether oxygens (including phenoxy) is 1. The highest BCUT2D eigenvalue weighted by Gasteiger charge is 2.24. The van der Waals surface area contributed by atoms with E-state index in [2.05, 4.69) is 15.5 Å². The van der Waals surface area contributed by atoms with Crippen molar-refractivity contribution >= 4 is 17.6 Å². The van der Waals surface area contributed by atoms with Gasteiger partial charge in [0.15, 0.2) is 11.8 Å². The molecule has 1 heterocycles. The van der Waals surface area contributed by atoms with Crippen LogP contribution in [0.25, 0.3) is 5.69 Å². The molecule has 0 radical (unpaired) electrons. The average molecular weight is 392 g/mol. The SMILES string of the molecule is Cc1nn(-c2ccccc2)nc1C(=O)O[C@@H](C)C(=O)Nc1ccccc1C(C)C. The van der Waals surface area contributed by atoms with Gasteiger partial charge in [-0.25, -0.2) is 4.79 Å². The lowest BCUT2D eigenvalue weighted by atomic mass is 10.0. The van der Waals surface area contributed by atoms with Gasteiger partial charge in [-0.3, -0.25) is 4.79 Å². The van der Waals surface area contributed by atoms with E-state index in [-0.39, 0.29) is 11.6 Å². The highest BCUT2D eigenvalue weighted by Crippen LogP contribution is 2.24. The largest absolute Gasteiger partial charge is 0.448 e. The van der Waals surface area contributed by atoms with Crippen molar-refractivity contribution in [3.05, 3.63) is 71.5 Å². The van der Waals surface area contributed by atoms with E-state index >= 15 is 0 Å². The molecule has 1 aromatic heterocycles. The fourth-order valence-corrected chi connectivity index (χ4v) is 2.86. The van der Waals surface area contributed by atoms with Gasteiger partial charge in [-0.1, -0.05) is 50.2 Å². The number of esters is 1. The lowest BCUT2D eigenvalue weighted by molar-refractivity contribution is -0.123. The highest BCUT2D eigenvalue weighted by molar-refractivity contribution is 5.97. The molecule has 0 saturated carbocycles. The van der Waals surface area contributed by atoms with Crippen molar-refractivity contribution in [1.29, 1.82) is 0 Å². The number of hydrogen-bond donors (Lipinski definition) is 1. The summed E-state index contributed by atoms with van der Waals surface area (Å²) in [5.41, 5.74) is 2.96. The molecule has 0 aliphatic carbocycles. The van der Waals surface area contributed by atoms with Crippen molar-refractivity contribution < 1.29 is 14.3 Å². The van der Waals surface area contributed by atoms with E-state index in [9.17, 15) is 9.59 Å². The van der Waals surface area contributed by atoms with Gasteiger partial charge in [-0.2, -0.15) is 9.90 Å². The van der Waals surface area contributed by atoms with E-state index in [0.717, 1.165) is 11.3 Å². The number of anilines is 1. The van der Waals surface area contributed by atoms with Crippen LogP contribution in [-0.2, 0) is 9.53 Å². The van der Waals surface area contributed by atoms with Crippen LogP contribution in [0.2, 0.25) is 0 Å². The van der Waals surface area contributed by atoms with E-state index in [0.29, 0.717) is 11.4 Å². The van der Waals surface area contributed by atoms with E-state index < -0.39 is 18.0 Å². The van der Waals surface area contributed by atoms with E-state index in [1.807, 2.05) is 68.4 Å². The standard InChI is InChI=1S/C22H24N4O3/c1-14(2)18-12-8-9-13-19(18)23-21(27)16(4)29-22(28)20-15(3)24-26(25-20)17-10-6-5-7-11-17/h5-14,16H,1-4H3,(H,23,27)/t16-/m0/s1. The van der Waals surface area contributed by atoms with Crippen LogP contribution >= 0.6 is 0 Å². The number of amides is 1. The van der Waals surface area contributed by atoms with Gasteiger partial charge in [-0.15, -0.1) is 5.10 Å². The summed E-state index contributed by atoms with van der Waals surface area (Å²) in [5, 5.41) is 11.3. The van der Waals surface area contributed by atoms with Gasteiger partial charge in [0, 0.05) is 5.69 Å². The average Bonchev–Trinajstić information content (AvgIpc) is 3.10. The molecule has 7 nitrogen and oxygen atoms in total. The van der Waals surface area contributed by atoms with E-state index in [1.54, 1.807) is 6.92 Å². The molecule has 1 atom stereocenters. The minimum absolute atomic E-state index is 0.0797. The molecule has 0 unspecified atom stereocenters. The van der Waals surface area contributed by atoms with Crippen molar-refractivity contribution in [1.82, 2.24) is 15.0 Å². The lowest BCUT2D eigenvalue weighted by Gasteiger charge is -2.16. The second kappa shape index (κ2) is 8.68. The van der Waals surface area contributed by atoms with Crippen LogP contribution in [0.1, 0.15) is 48.4 Å². The Balaban J connectivity index is 1.69. The first-order valence-electron chi connectivity index (χ1n) is 9.47. The normalized spacial score (nSPS) is 11.9. The Bertz CT molecular complexity index is 1010. The Hall–Kier alpha value is -3.48. The van der Waals surface area contributed by atoms with Crippen LogP contribution in [0.5, 0.6) is 0 Å². The number of hydrogen-bond acceptors (Lipinski definition) is 5. The summed E-state index contributed by atoms with van der Waals surface area (Å²) >= 11 is 0. The molecule has 1 N–H and O–H groups in total. The zero-order chi connectivity index (χ0) is 21.0. The molecular weight excluding hydrogens is 368 g/mol. The molecule has 0 spiro atoms. The molecule has 1 amide bonds. The molecule has 29 heavy (non-hydrogen) atoms. The number of aryl methyl sites for hydroxylation is 1. The van der Waals surface area contributed by atoms with Crippen molar-refractivity contribution in [2.45, 2.75) is 39.7 Å². The summed E-state index contributed by atoms with van der Waals surface area (Å²) in [6.45, 7) is 7.30. The summed E-state index contributed by atoms with van der Waals surface area (Å²) in [6.07, 6.45) is -0.982. The number of carbonyl (C=O) groups is 2. The van der Waals surface area contributed by atoms with Crippen molar-refractivity contribution in [3.63, 3.8) is 0 Å². The predicted octanol–water partition coefficient (Wildman–Crippen LogP) is 3.88. The third-order valence-corrected chi connectivity index (χ3v) is 4.46. The molecule has 150 valence electrons. The molecule has 0 aliphatic rings. The van der Waals surface area contributed by atoms with Crippen LogP contribution in [0, 0.1) is 6.92 Å². The van der Waals surface area contributed by atoms with Gasteiger partial charge in [0.25, 0.3) is 5.91 Å². The van der Waals surface area contributed by atoms with Crippen LogP contribution < -0.4 is 5.32 Å². The summed E-state index contributed by atoms with van der Waals surface area (Å²) in [6, 6.07) is 16.8. The number of para-hydroxylation sites is 2. The maximum Gasteiger partial charge on any atom is 0.361 e. The fourth-order valence-electron chi connectivity index (χ4n) is 2.86. The number of rotatable bonds is 6. The monoisotopic (exact) mass is 392 g/mol. The Morgan fingerprint density at radius 3 is 2.31 bits per heavy atom. The predicted molar refractivity (Wildman–Crippen MR) is 110 cm³/mol. The first-order valence-corrected chi connectivity index (χ1v) is 9.47. The molecule has 0 saturated heterocycles. The van der Waals surface area contributed by atoms with E-state index in [4.69, 9.17) is 4.74 Å². The van der Waals surface area contributed by atoms with Gasteiger partial charge in [0.05, 0.1) is 11.4 Å². The molecule has 3 rings (SSSR count). The number of benzene rings is 2. The number of nitrogens with one attached hydrogen (secondary N) is 1. The van der Waals surface area contributed by atoms with Gasteiger partial charge < -0.3 is 10.1 Å². The molecule has 0 bridgehead atoms. The topological polar surface area (TPSA) is 86.1 Å². The van der Waals surface area contributed by atoms with Crippen LogP contribution in [0.3, 0.4) is 0 Å². The zero-order valence-corrected chi connectivity index (χ0v) is 16.9. The molecule has 7 heteroatoms. The maximum absolute atomic E-state index is 12.5. The van der Waals surface area contributed by atoms with E-state index in [1.165, 1.54) is 11.7 Å². The third-order valence-electron chi connectivity index (χ3n) is 4.46. The summed E-state index contributed by atoms with van der Waals surface area (Å²) in [5.74, 6) is -0.843. The van der Waals surface area contributed by atoms with Gasteiger partial charge in [0.1, 0.15) is 0 Å². The molecule has 2 aromatic carbocycles. The Kier molecular flexibility index (Phi) is 6.07. The Morgan fingerprint density at radius 2 is 1.62 bits per heavy atom. The van der Waals surface area contributed by atoms with Gasteiger partial charge >= 0.3 is 5.97 Å². The molecular formula is C22H24N4O3. The minimum atomic E-state index is -0.982. The van der Waals surface area contributed by atoms with Crippen LogP contribution in [0.4, 0.5) is 5.69 Å². The second-order valence-corrected chi connectivity index (χ2v) is 7.04. The van der Waals surface area contributed by atoms with Gasteiger partial charge in [0.2, 0.25) is 0 Å². The van der Waals surface area contributed by atoms with Crippen molar-refractivity contribution in [3.8, 4) is 5.69 Å². The third kappa shape index (κ3) is 4.68. The van der Waals surface area contributed by atoms with Crippen molar-refractivity contribution in [2.75, 3.05) is 5.32 Å². The number of carbonyl (C=O) groups excluding carboxylic acids is 2. The number of nitrogens with zero attached hydrogens (tertiary/aromatic N) is 3. The van der Waals surface area contributed by atoms with Crippen molar-refractivity contribution in [2.24, 2.45) is 0 Å². The summed E-state index contributed by atoms with van der Waals surface area (Å²) in [7, 11) is 0. The Morgan fingerprint density at radius 1 is 0.966 bits per heavy atom. The first-order chi connectivity index (χ1) is 13.9. The van der Waals surface area contributed by atoms with Crippen LogP contribution in [-0.4, -0.2) is 33.0 Å².